The summed E-state index contributed by atoms with van der Waals surface area (Å²) in [6.07, 6.45) is 0.124. The highest BCUT2D eigenvalue weighted by atomic mass is 16.9. The summed E-state index contributed by atoms with van der Waals surface area (Å²) in [5.41, 5.74) is -0.865. The van der Waals surface area contributed by atoms with Gasteiger partial charge in [-0.25, -0.2) is 0 Å². The van der Waals surface area contributed by atoms with Crippen LogP contribution in [-0.2, 0) is 9.63 Å². The second-order valence-electron chi connectivity index (χ2n) is 4.24. The van der Waals surface area contributed by atoms with Crippen LogP contribution in [-0.4, -0.2) is 41.0 Å². The molecule has 2 unspecified atom stereocenters. The molecule has 1 amide bonds. The summed E-state index contributed by atoms with van der Waals surface area (Å²) in [7, 11) is 0. The number of aliphatic hydroxyl groups excluding tert-OH is 1. The zero-order chi connectivity index (χ0) is 14.9. The zero-order valence-corrected chi connectivity index (χ0v) is 11.6. The summed E-state index contributed by atoms with van der Waals surface area (Å²) in [6.45, 7) is 5.82. The minimum absolute atomic E-state index is 0.105. The number of amides is 1. The average molecular weight is 277 g/mol. The minimum atomic E-state index is -0.886. The molecule has 0 aromatic carbocycles. The van der Waals surface area contributed by atoms with Gasteiger partial charge < -0.3 is 15.3 Å². The van der Waals surface area contributed by atoms with Gasteiger partial charge in [-0.15, -0.1) is 10.1 Å². The molecule has 0 aromatic heterocycles. The van der Waals surface area contributed by atoms with E-state index in [2.05, 4.69) is 15.5 Å². The Labute approximate surface area is 112 Å². The number of nitrogens with one attached hydrogen (secondary N) is 2. The molecule has 0 spiro atoms. The van der Waals surface area contributed by atoms with Gasteiger partial charge >= 0.3 is 0 Å². The Balaban J connectivity index is 4.27. The van der Waals surface area contributed by atoms with Crippen molar-refractivity contribution in [2.45, 2.75) is 51.8 Å². The first kappa shape index (κ1) is 17.6. The molecule has 8 nitrogen and oxygen atoms in total. The lowest BCUT2D eigenvalue weighted by atomic mass is 10.00. The molecule has 0 heterocycles. The number of aliphatic hydroxyl groups is 1. The lowest BCUT2D eigenvalue weighted by molar-refractivity contribution is -0.757. The molecule has 0 rings (SSSR count). The molecule has 3 N–H and O–H groups in total. The molecule has 0 fully saturated rings. The van der Waals surface area contributed by atoms with E-state index in [0.29, 0.717) is 13.0 Å². The molecule has 0 aliphatic carbocycles. The van der Waals surface area contributed by atoms with Crippen LogP contribution in [0.3, 0.4) is 0 Å². The van der Waals surface area contributed by atoms with E-state index in [0.717, 1.165) is 0 Å². The smallest absolute Gasteiger partial charge is 0.294 e. The number of likely N-dealkylation sites (N-methyl/N-ethyl adjacent to an activating group) is 1. The van der Waals surface area contributed by atoms with Crippen LogP contribution in [0.1, 0.15) is 40.0 Å². The molecule has 19 heavy (non-hydrogen) atoms. The van der Waals surface area contributed by atoms with Crippen molar-refractivity contribution in [3.05, 3.63) is 10.1 Å². The van der Waals surface area contributed by atoms with Crippen LogP contribution < -0.4 is 10.6 Å². The van der Waals surface area contributed by atoms with Gasteiger partial charge in [-0.2, -0.15) is 0 Å². The van der Waals surface area contributed by atoms with Crippen molar-refractivity contribution in [1.82, 2.24) is 10.6 Å². The highest BCUT2D eigenvalue weighted by molar-refractivity contribution is 5.76. The molecular formula is C11H23N3O5. The Morgan fingerprint density at radius 1 is 1.53 bits per heavy atom. The maximum Gasteiger partial charge on any atom is 0.294 e. The first-order chi connectivity index (χ1) is 8.88. The fourth-order valence-corrected chi connectivity index (χ4v) is 1.80. The lowest BCUT2D eigenvalue weighted by Gasteiger charge is -2.37. The molecular weight excluding hydrogens is 254 g/mol. The van der Waals surface area contributed by atoms with E-state index in [1.54, 1.807) is 6.92 Å². The molecule has 8 heteroatoms. The molecule has 0 radical (unpaired) electrons. The van der Waals surface area contributed by atoms with Gasteiger partial charge in [0.2, 0.25) is 5.91 Å². The third-order valence-electron chi connectivity index (χ3n) is 2.87. The van der Waals surface area contributed by atoms with E-state index >= 15 is 0 Å². The minimum Gasteiger partial charge on any atom is -0.390 e. The van der Waals surface area contributed by atoms with Crippen molar-refractivity contribution in [2.24, 2.45) is 0 Å². The van der Waals surface area contributed by atoms with Gasteiger partial charge in [0.05, 0.1) is 12.7 Å². The van der Waals surface area contributed by atoms with Crippen LogP contribution >= 0.6 is 0 Å². The van der Waals surface area contributed by atoms with Gasteiger partial charge in [-0.05, 0) is 26.3 Å². The van der Waals surface area contributed by atoms with Crippen molar-refractivity contribution in [3.63, 3.8) is 0 Å². The summed E-state index contributed by atoms with van der Waals surface area (Å²) in [5, 5.41) is 24.6. The van der Waals surface area contributed by atoms with Gasteiger partial charge in [-0.3, -0.25) is 10.1 Å². The van der Waals surface area contributed by atoms with Crippen LogP contribution in [0.25, 0.3) is 0 Å². The quantitative estimate of drug-likeness (QED) is 0.227. The Kier molecular flexibility index (Phi) is 8.01. The van der Waals surface area contributed by atoms with Crippen LogP contribution in [0.4, 0.5) is 0 Å². The van der Waals surface area contributed by atoms with Crippen molar-refractivity contribution < 1.29 is 19.8 Å². The first-order valence-corrected chi connectivity index (χ1v) is 6.39. The summed E-state index contributed by atoms with van der Waals surface area (Å²) in [5.74, 6) is -0.282. The van der Waals surface area contributed by atoms with Gasteiger partial charge in [0.25, 0.3) is 5.09 Å². The Bertz CT molecular complexity index is 298. The Morgan fingerprint density at radius 3 is 2.58 bits per heavy atom. The van der Waals surface area contributed by atoms with Crippen LogP contribution in [0.5, 0.6) is 0 Å². The van der Waals surface area contributed by atoms with E-state index in [4.69, 9.17) is 0 Å². The first-order valence-electron chi connectivity index (χ1n) is 6.39. The van der Waals surface area contributed by atoms with Crippen LogP contribution in [0.2, 0.25) is 0 Å². The molecule has 0 aromatic rings. The van der Waals surface area contributed by atoms with E-state index < -0.39 is 16.9 Å². The predicted octanol–water partition coefficient (Wildman–Crippen LogP) is 0.188. The van der Waals surface area contributed by atoms with E-state index in [1.165, 1.54) is 0 Å². The second-order valence-corrected chi connectivity index (χ2v) is 4.24. The second kappa shape index (κ2) is 8.65. The van der Waals surface area contributed by atoms with Crippen molar-refractivity contribution in [2.75, 3.05) is 13.2 Å². The average Bonchev–Trinajstić information content (AvgIpc) is 2.33. The van der Waals surface area contributed by atoms with Gasteiger partial charge in [0.1, 0.15) is 5.66 Å². The third kappa shape index (κ3) is 6.35. The summed E-state index contributed by atoms with van der Waals surface area (Å²) in [6, 6.07) is 0. The van der Waals surface area contributed by atoms with Gasteiger partial charge in [0, 0.05) is 6.42 Å². The lowest BCUT2D eigenvalue weighted by Crippen LogP contribution is -2.64. The number of hydrogen-bond donors (Lipinski definition) is 3. The SMILES string of the molecule is CCNC(CC)(NC(=O)CCCO[N+](=O)[O-])C(C)O. The summed E-state index contributed by atoms with van der Waals surface area (Å²) >= 11 is 0. The van der Waals surface area contributed by atoms with Crippen molar-refractivity contribution in [3.8, 4) is 0 Å². The number of hydrogen-bond acceptors (Lipinski definition) is 6. The maximum atomic E-state index is 11.8. The molecule has 0 bridgehead atoms. The highest BCUT2D eigenvalue weighted by Crippen LogP contribution is 2.12. The highest BCUT2D eigenvalue weighted by Gasteiger charge is 2.33. The van der Waals surface area contributed by atoms with E-state index in [-0.39, 0.29) is 25.4 Å². The molecule has 0 saturated heterocycles. The Hall–Kier alpha value is -1.41. The van der Waals surface area contributed by atoms with Crippen LogP contribution in [0, 0.1) is 10.1 Å². The molecule has 2 atom stereocenters. The van der Waals surface area contributed by atoms with E-state index in [9.17, 15) is 20.0 Å². The third-order valence-corrected chi connectivity index (χ3v) is 2.87. The number of carbonyl (C=O) groups is 1. The molecule has 112 valence electrons. The van der Waals surface area contributed by atoms with Crippen molar-refractivity contribution in [1.29, 1.82) is 0 Å². The normalized spacial score (nSPS) is 15.4. The largest absolute Gasteiger partial charge is 0.390 e. The fourth-order valence-electron chi connectivity index (χ4n) is 1.80. The molecule has 0 saturated carbocycles. The van der Waals surface area contributed by atoms with Gasteiger partial charge in [0.15, 0.2) is 0 Å². The summed E-state index contributed by atoms with van der Waals surface area (Å²) < 4.78 is 0. The fraction of sp³-hybridized carbons (Fsp3) is 0.909. The monoisotopic (exact) mass is 277 g/mol. The predicted molar refractivity (Wildman–Crippen MR) is 68.7 cm³/mol. The standard InChI is InChI=1S/C11H23N3O5/c1-4-11(9(3)15,12-5-2)13-10(16)7-6-8-19-14(17)18/h9,12,15H,4-8H2,1-3H3,(H,13,16). The maximum absolute atomic E-state index is 11.8. The van der Waals surface area contributed by atoms with Gasteiger partial charge in [-0.1, -0.05) is 13.8 Å². The number of rotatable bonds is 10. The Morgan fingerprint density at radius 2 is 2.16 bits per heavy atom. The van der Waals surface area contributed by atoms with Crippen LogP contribution in [0.15, 0.2) is 0 Å². The van der Waals surface area contributed by atoms with Crippen molar-refractivity contribution >= 4 is 5.91 Å². The zero-order valence-electron chi connectivity index (χ0n) is 11.6. The number of nitrogens with zero attached hydrogens (tertiary/aromatic N) is 1. The topological polar surface area (TPSA) is 114 Å². The molecule has 0 aliphatic rings. The molecule has 0 aliphatic heterocycles. The van der Waals surface area contributed by atoms with E-state index in [1.807, 2.05) is 13.8 Å². The number of carbonyl (C=O) groups excluding carboxylic acids is 1. The summed E-state index contributed by atoms with van der Waals surface area (Å²) in [4.78, 5) is 25.8.